The van der Waals surface area contributed by atoms with Crippen LogP contribution in [0.4, 0.5) is 11.4 Å². The van der Waals surface area contributed by atoms with Gasteiger partial charge >= 0.3 is 0 Å². The molecule has 0 saturated carbocycles. The molecule has 1 N–H and O–H groups in total. The van der Waals surface area contributed by atoms with E-state index in [0.717, 1.165) is 30.8 Å². The third kappa shape index (κ3) is 3.51. The first-order valence-corrected chi connectivity index (χ1v) is 6.00. The molecule has 7 nitrogen and oxygen atoms in total. The van der Waals surface area contributed by atoms with Gasteiger partial charge in [0.15, 0.2) is 0 Å². The van der Waals surface area contributed by atoms with Crippen molar-refractivity contribution in [1.29, 1.82) is 0 Å². The van der Waals surface area contributed by atoms with Crippen LogP contribution in [0, 0.1) is 17.0 Å². The Balaban J connectivity index is 1.84. The fourth-order valence-electron chi connectivity index (χ4n) is 1.78. The Hall–Kier alpha value is -2.44. The van der Waals surface area contributed by atoms with Crippen molar-refractivity contribution in [1.82, 2.24) is 15.0 Å². The zero-order chi connectivity index (χ0) is 13.7. The summed E-state index contributed by atoms with van der Waals surface area (Å²) in [5.74, 6) is 0. The van der Waals surface area contributed by atoms with E-state index in [4.69, 9.17) is 0 Å². The van der Waals surface area contributed by atoms with Crippen LogP contribution in [0.3, 0.4) is 0 Å². The highest BCUT2D eigenvalue weighted by atomic mass is 16.6. The summed E-state index contributed by atoms with van der Waals surface area (Å²) in [6, 6.07) is 4.81. The molecule has 2 rings (SSSR count). The molecule has 0 unspecified atom stereocenters. The van der Waals surface area contributed by atoms with Crippen LogP contribution in [-0.2, 0) is 6.54 Å². The highest BCUT2D eigenvalue weighted by molar-refractivity contribution is 5.55. The lowest BCUT2D eigenvalue weighted by atomic mass is 10.2. The lowest BCUT2D eigenvalue weighted by molar-refractivity contribution is -0.384. The normalized spacial score (nSPS) is 10.4. The molecule has 1 heterocycles. The maximum Gasteiger partial charge on any atom is 0.269 e. The summed E-state index contributed by atoms with van der Waals surface area (Å²) in [5, 5.41) is 21.5. The maximum atomic E-state index is 10.6. The van der Waals surface area contributed by atoms with Gasteiger partial charge in [0.1, 0.15) is 0 Å². The SMILES string of the molecule is Cc1cc([N+](=O)[O-])ccc1NCCCn1ccnn1. The minimum atomic E-state index is -0.387. The van der Waals surface area contributed by atoms with Crippen molar-refractivity contribution in [2.24, 2.45) is 0 Å². The van der Waals surface area contributed by atoms with Gasteiger partial charge in [0.05, 0.1) is 11.1 Å². The first-order chi connectivity index (χ1) is 9.16. The van der Waals surface area contributed by atoms with Gasteiger partial charge < -0.3 is 5.32 Å². The number of anilines is 1. The molecular weight excluding hydrogens is 246 g/mol. The lowest BCUT2D eigenvalue weighted by Crippen LogP contribution is -2.08. The Labute approximate surface area is 110 Å². The number of benzene rings is 1. The molecule has 1 aromatic carbocycles. The van der Waals surface area contributed by atoms with Crippen LogP contribution in [0.2, 0.25) is 0 Å². The monoisotopic (exact) mass is 261 g/mol. The molecular formula is C12H15N5O2. The van der Waals surface area contributed by atoms with Crippen molar-refractivity contribution < 1.29 is 4.92 Å². The van der Waals surface area contributed by atoms with Crippen molar-refractivity contribution in [2.75, 3.05) is 11.9 Å². The van der Waals surface area contributed by atoms with E-state index in [9.17, 15) is 10.1 Å². The van der Waals surface area contributed by atoms with E-state index in [-0.39, 0.29) is 10.6 Å². The Morgan fingerprint density at radius 1 is 1.47 bits per heavy atom. The van der Waals surface area contributed by atoms with Gasteiger partial charge in [-0.05, 0) is 25.0 Å². The van der Waals surface area contributed by atoms with Crippen molar-refractivity contribution in [3.05, 3.63) is 46.3 Å². The smallest absolute Gasteiger partial charge is 0.269 e. The largest absolute Gasteiger partial charge is 0.385 e. The molecule has 0 fully saturated rings. The van der Waals surface area contributed by atoms with Crippen LogP contribution in [0.25, 0.3) is 0 Å². The van der Waals surface area contributed by atoms with E-state index in [1.165, 1.54) is 6.07 Å². The van der Waals surface area contributed by atoms with Gasteiger partial charge in [-0.3, -0.25) is 14.8 Å². The molecule has 0 aliphatic carbocycles. The minimum absolute atomic E-state index is 0.116. The topological polar surface area (TPSA) is 85.9 Å². The predicted molar refractivity (Wildman–Crippen MR) is 71.0 cm³/mol. The summed E-state index contributed by atoms with van der Waals surface area (Å²) in [7, 11) is 0. The molecule has 2 aromatic rings. The molecule has 0 bridgehead atoms. The van der Waals surface area contributed by atoms with Crippen LogP contribution in [0.5, 0.6) is 0 Å². The van der Waals surface area contributed by atoms with Gasteiger partial charge in [-0.1, -0.05) is 5.21 Å². The Morgan fingerprint density at radius 3 is 2.95 bits per heavy atom. The number of nitro benzene ring substituents is 1. The highest BCUT2D eigenvalue weighted by Crippen LogP contribution is 2.20. The van der Waals surface area contributed by atoms with Crippen molar-refractivity contribution in [2.45, 2.75) is 19.9 Å². The third-order valence-electron chi connectivity index (χ3n) is 2.77. The molecule has 19 heavy (non-hydrogen) atoms. The second-order valence-electron chi connectivity index (χ2n) is 4.20. The van der Waals surface area contributed by atoms with E-state index >= 15 is 0 Å². The summed E-state index contributed by atoms with van der Waals surface area (Å²) < 4.78 is 1.77. The standard InChI is InChI=1S/C12H15N5O2/c1-10-9-11(17(18)19)3-4-12(10)13-5-2-7-16-8-6-14-15-16/h3-4,6,8-9,13H,2,5,7H2,1H3. The Morgan fingerprint density at radius 2 is 2.32 bits per heavy atom. The van der Waals surface area contributed by atoms with E-state index in [2.05, 4.69) is 15.6 Å². The molecule has 7 heteroatoms. The molecule has 0 radical (unpaired) electrons. The number of nitro groups is 1. The van der Waals surface area contributed by atoms with Crippen LogP contribution < -0.4 is 5.32 Å². The quantitative estimate of drug-likeness (QED) is 0.488. The van der Waals surface area contributed by atoms with Crippen molar-refractivity contribution in [3.63, 3.8) is 0 Å². The molecule has 0 atom stereocenters. The van der Waals surface area contributed by atoms with Gasteiger partial charge in [0, 0.05) is 37.1 Å². The molecule has 0 saturated heterocycles. The second-order valence-corrected chi connectivity index (χ2v) is 4.20. The predicted octanol–water partition coefficient (Wildman–Crippen LogP) is 2.00. The van der Waals surface area contributed by atoms with Crippen LogP contribution in [-0.4, -0.2) is 26.5 Å². The Kier molecular flexibility index (Phi) is 4.07. The molecule has 0 spiro atoms. The van der Waals surface area contributed by atoms with E-state index in [1.54, 1.807) is 23.0 Å². The fraction of sp³-hybridized carbons (Fsp3) is 0.333. The van der Waals surface area contributed by atoms with Gasteiger partial charge in [-0.2, -0.15) is 0 Å². The van der Waals surface area contributed by atoms with Gasteiger partial charge in [-0.25, -0.2) is 0 Å². The van der Waals surface area contributed by atoms with Crippen LogP contribution >= 0.6 is 0 Å². The zero-order valence-electron chi connectivity index (χ0n) is 10.6. The fourth-order valence-corrected chi connectivity index (χ4v) is 1.78. The minimum Gasteiger partial charge on any atom is -0.385 e. The van der Waals surface area contributed by atoms with E-state index in [0.29, 0.717) is 0 Å². The molecule has 100 valence electrons. The average Bonchev–Trinajstić information content (AvgIpc) is 2.89. The van der Waals surface area contributed by atoms with E-state index in [1.807, 2.05) is 13.1 Å². The van der Waals surface area contributed by atoms with Crippen LogP contribution in [0.15, 0.2) is 30.6 Å². The molecule has 0 aliphatic rings. The first kappa shape index (κ1) is 13.0. The van der Waals surface area contributed by atoms with Crippen LogP contribution in [0.1, 0.15) is 12.0 Å². The van der Waals surface area contributed by atoms with Gasteiger partial charge in [0.2, 0.25) is 0 Å². The lowest BCUT2D eigenvalue weighted by Gasteiger charge is -2.09. The number of non-ortho nitro benzene ring substituents is 1. The van der Waals surface area contributed by atoms with Gasteiger partial charge in [-0.15, -0.1) is 5.10 Å². The van der Waals surface area contributed by atoms with Gasteiger partial charge in [0.25, 0.3) is 5.69 Å². The van der Waals surface area contributed by atoms with Crippen molar-refractivity contribution in [3.8, 4) is 0 Å². The molecule has 0 amide bonds. The number of hydrogen-bond donors (Lipinski definition) is 1. The number of aryl methyl sites for hydroxylation is 2. The maximum absolute atomic E-state index is 10.6. The summed E-state index contributed by atoms with van der Waals surface area (Å²) in [6.07, 6.45) is 4.37. The highest BCUT2D eigenvalue weighted by Gasteiger charge is 2.07. The number of rotatable bonds is 6. The number of aromatic nitrogens is 3. The average molecular weight is 261 g/mol. The number of hydrogen-bond acceptors (Lipinski definition) is 5. The zero-order valence-corrected chi connectivity index (χ0v) is 10.6. The number of nitrogens with zero attached hydrogens (tertiary/aromatic N) is 4. The second kappa shape index (κ2) is 5.94. The summed E-state index contributed by atoms with van der Waals surface area (Å²) in [4.78, 5) is 10.2. The summed E-state index contributed by atoms with van der Waals surface area (Å²) in [5.41, 5.74) is 1.91. The Bertz CT molecular complexity index is 553. The third-order valence-corrected chi connectivity index (χ3v) is 2.77. The van der Waals surface area contributed by atoms with E-state index < -0.39 is 0 Å². The molecule has 0 aliphatic heterocycles. The first-order valence-electron chi connectivity index (χ1n) is 6.00. The summed E-state index contributed by atoms with van der Waals surface area (Å²) >= 11 is 0. The number of nitrogens with one attached hydrogen (secondary N) is 1. The summed E-state index contributed by atoms with van der Waals surface area (Å²) in [6.45, 7) is 3.42. The van der Waals surface area contributed by atoms with Crippen molar-refractivity contribution >= 4 is 11.4 Å². The molecule has 1 aromatic heterocycles.